The van der Waals surface area contributed by atoms with Gasteiger partial charge in [0.2, 0.25) is 5.91 Å². The van der Waals surface area contributed by atoms with Crippen molar-refractivity contribution in [1.82, 2.24) is 4.90 Å². The number of likely N-dealkylation sites (tertiary alicyclic amines) is 1. The molecule has 1 fully saturated rings. The van der Waals surface area contributed by atoms with Crippen LogP contribution in [0.15, 0.2) is 35.9 Å². The average Bonchev–Trinajstić information content (AvgIpc) is 2.55. The molecular formula is C18H23NO3. The molecule has 4 nitrogen and oxygen atoms in total. The van der Waals surface area contributed by atoms with Crippen molar-refractivity contribution in [2.45, 2.75) is 26.7 Å². The SMILES string of the molecule is CCOC(=O)[C@@H]1CCCN(C(=O)/C(C)=C\c2ccccc2)C1. The number of piperidine rings is 1. The first-order valence-electron chi connectivity index (χ1n) is 7.81. The summed E-state index contributed by atoms with van der Waals surface area (Å²) in [6, 6.07) is 9.77. The molecule has 22 heavy (non-hydrogen) atoms. The van der Waals surface area contributed by atoms with Gasteiger partial charge >= 0.3 is 5.97 Å². The Hall–Kier alpha value is -2.10. The molecule has 0 N–H and O–H groups in total. The molecule has 118 valence electrons. The largest absolute Gasteiger partial charge is 0.466 e. The van der Waals surface area contributed by atoms with E-state index in [4.69, 9.17) is 4.74 Å². The second kappa shape index (κ2) is 7.78. The average molecular weight is 301 g/mol. The molecule has 1 atom stereocenters. The van der Waals surface area contributed by atoms with Gasteiger partial charge in [-0.25, -0.2) is 0 Å². The van der Waals surface area contributed by atoms with Gasteiger partial charge in [-0.2, -0.15) is 0 Å². The predicted octanol–water partition coefficient (Wildman–Crippen LogP) is 2.89. The molecule has 1 aromatic carbocycles. The number of carbonyl (C=O) groups is 2. The lowest BCUT2D eigenvalue weighted by Gasteiger charge is -2.31. The molecule has 4 heteroatoms. The fourth-order valence-electron chi connectivity index (χ4n) is 2.72. The normalized spacial score (nSPS) is 18.9. The fraction of sp³-hybridized carbons (Fsp3) is 0.444. The smallest absolute Gasteiger partial charge is 0.310 e. The van der Waals surface area contributed by atoms with Crippen molar-refractivity contribution in [1.29, 1.82) is 0 Å². The molecule has 0 saturated carbocycles. The lowest BCUT2D eigenvalue weighted by atomic mass is 9.97. The van der Waals surface area contributed by atoms with E-state index in [-0.39, 0.29) is 17.8 Å². The Bertz CT molecular complexity index is 551. The van der Waals surface area contributed by atoms with E-state index in [1.165, 1.54) is 0 Å². The van der Waals surface area contributed by atoms with E-state index in [9.17, 15) is 9.59 Å². The molecule has 1 heterocycles. The molecule has 0 spiro atoms. The quantitative estimate of drug-likeness (QED) is 0.634. The van der Waals surface area contributed by atoms with E-state index < -0.39 is 0 Å². The van der Waals surface area contributed by atoms with Gasteiger partial charge in [-0.1, -0.05) is 30.3 Å². The summed E-state index contributed by atoms with van der Waals surface area (Å²) in [5.41, 5.74) is 1.70. The van der Waals surface area contributed by atoms with E-state index in [2.05, 4.69) is 0 Å². The third-order valence-electron chi connectivity index (χ3n) is 3.85. The predicted molar refractivity (Wildman–Crippen MR) is 86.0 cm³/mol. The zero-order valence-electron chi connectivity index (χ0n) is 13.2. The molecule has 0 aliphatic carbocycles. The Morgan fingerprint density at radius 2 is 2.05 bits per heavy atom. The van der Waals surface area contributed by atoms with Gasteiger partial charge in [0.15, 0.2) is 0 Å². The van der Waals surface area contributed by atoms with E-state index in [0.717, 1.165) is 18.4 Å². The first kappa shape index (κ1) is 16.3. The molecule has 2 rings (SSSR count). The van der Waals surface area contributed by atoms with E-state index in [1.54, 1.807) is 11.8 Å². The summed E-state index contributed by atoms with van der Waals surface area (Å²) in [5.74, 6) is -0.385. The van der Waals surface area contributed by atoms with Crippen LogP contribution in [-0.2, 0) is 14.3 Å². The molecule has 1 aromatic rings. The topological polar surface area (TPSA) is 46.6 Å². The maximum absolute atomic E-state index is 12.5. The van der Waals surface area contributed by atoms with Gasteiger partial charge in [0, 0.05) is 18.7 Å². The monoisotopic (exact) mass is 301 g/mol. The third-order valence-corrected chi connectivity index (χ3v) is 3.85. The lowest BCUT2D eigenvalue weighted by molar-refractivity contribution is -0.150. The molecular weight excluding hydrogens is 278 g/mol. The zero-order valence-corrected chi connectivity index (χ0v) is 13.2. The molecule has 0 unspecified atom stereocenters. The van der Waals surface area contributed by atoms with Crippen molar-refractivity contribution in [2.75, 3.05) is 19.7 Å². The first-order valence-corrected chi connectivity index (χ1v) is 7.81. The van der Waals surface area contributed by atoms with Crippen LogP contribution in [0, 0.1) is 5.92 Å². The summed E-state index contributed by atoms with van der Waals surface area (Å²) in [6.07, 6.45) is 3.52. The van der Waals surface area contributed by atoms with Gasteiger partial charge in [0.05, 0.1) is 12.5 Å². The van der Waals surface area contributed by atoms with Crippen LogP contribution in [0.3, 0.4) is 0 Å². The Morgan fingerprint density at radius 1 is 1.32 bits per heavy atom. The number of hydrogen-bond acceptors (Lipinski definition) is 3. The second-order valence-corrected chi connectivity index (χ2v) is 5.58. The van der Waals surface area contributed by atoms with E-state index in [0.29, 0.717) is 25.3 Å². The van der Waals surface area contributed by atoms with E-state index >= 15 is 0 Å². The number of rotatable bonds is 4. The maximum Gasteiger partial charge on any atom is 0.310 e. The van der Waals surface area contributed by atoms with Crippen molar-refractivity contribution in [3.63, 3.8) is 0 Å². The minimum absolute atomic E-state index is 0.00199. The Kier molecular flexibility index (Phi) is 5.75. The van der Waals surface area contributed by atoms with Crippen LogP contribution in [-0.4, -0.2) is 36.5 Å². The Labute approximate surface area is 131 Å². The molecule has 1 aliphatic rings. The van der Waals surface area contributed by atoms with Gasteiger partial charge < -0.3 is 9.64 Å². The molecule has 0 bridgehead atoms. The molecule has 1 amide bonds. The standard InChI is InChI=1S/C18H23NO3/c1-3-22-18(21)16-10-7-11-19(13-16)17(20)14(2)12-15-8-5-4-6-9-15/h4-6,8-9,12,16H,3,7,10-11,13H2,1-2H3/b14-12-/t16-/m1/s1. The highest BCUT2D eigenvalue weighted by molar-refractivity contribution is 5.97. The maximum atomic E-state index is 12.5. The van der Waals surface area contributed by atoms with Gasteiger partial charge in [-0.15, -0.1) is 0 Å². The zero-order chi connectivity index (χ0) is 15.9. The minimum Gasteiger partial charge on any atom is -0.466 e. The minimum atomic E-state index is -0.192. The number of esters is 1. The number of benzene rings is 1. The van der Waals surface area contributed by atoms with Crippen LogP contribution in [0.25, 0.3) is 6.08 Å². The van der Waals surface area contributed by atoms with Gasteiger partial charge in [0.1, 0.15) is 0 Å². The van der Waals surface area contributed by atoms with Gasteiger partial charge in [-0.05, 0) is 38.3 Å². The van der Waals surface area contributed by atoms with Gasteiger partial charge in [0.25, 0.3) is 0 Å². The highest BCUT2D eigenvalue weighted by atomic mass is 16.5. The lowest BCUT2D eigenvalue weighted by Crippen LogP contribution is -2.43. The third kappa shape index (κ3) is 4.20. The fourth-order valence-corrected chi connectivity index (χ4v) is 2.72. The van der Waals surface area contributed by atoms with Crippen molar-refractivity contribution < 1.29 is 14.3 Å². The summed E-state index contributed by atoms with van der Waals surface area (Å²) in [6.45, 7) is 5.17. The van der Waals surface area contributed by atoms with Crippen LogP contribution in [0.5, 0.6) is 0 Å². The van der Waals surface area contributed by atoms with Crippen molar-refractivity contribution in [3.05, 3.63) is 41.5 Å². The Morgan fingerprint density at radius 3 is 2.73 bits per heavy atom. The summed E-state index contributed by atoms with van der Waals surface area (Å²) in [7, 11) is 0. The Balaban J connectivity index is 2.02. The highest BCUT2D eigenvalue weighted by Crippen LogP contribution is 2.20. The first-order chi connectivity index (χ1) is 10.6. The number of amides is 1. The molecule has 0 aromatic heterocycles. The van der Waals surface area contributed by atoms with Crippen molar-refractivity contribution in [3.8, 4) is 0 Å². The van der Waals surface area contributed by atoms with Crippen LogP contribution >= 0.6 is 0 Å². The number of ether oxygens (including phenoxy) is 1. The van der Waals surface area contributed by atoms with Crippen LogP contribution in [0.1, 0.15) is 32.3 Å². The highest BCUT2D eigenvalue weighted by Gasteiger charge is 2.29. The number of hydrogen-bond donors (Lipinski definition) is 0. The second-order valence-electron chi connectivity index (χ2n) is 5.58. The van der Waals surface area contributed by atoms with Crippen LogP contribution in [0.2, 0.25) is 0 Å². The molecule has 1 aliphatic heterocycles. The molecule has 0 radical (unpaired) electrons. The van der Waals surface area contributed by atoms with Crippen LogP contribution < -0.4 is 0 Å². The van der Waals surface area contributed by atoms with E-state index in [1.807, 2.05) is 43.3 Å². The van der Waals surface area contributed by atoms with Gasteiger partial charge in [-0.3, -0.25) is 9.59 Å². The summed E-state index contributed by atoms with van der Waals surface area (Å²) < 4.78 is 5.07. The molecule has 1 saturated heterocycles. The number of nitrogens with zero attached hydrogens (tertiary/aromatic N) is 1. The summed E-state index contributed by atoms with van der Waals surface area (Å²) in [5, 5.41) is 0. The van der Waals surface area contributed by atoms with Crippen molar-refractivity contribution >= 4 is 18.0 Å². The summed E-state index contributed by atoms with van der Waals surface area (Å²) >= 11 is 0. The van der Waals surface area contributed by atoms with Crippen LogP contribution in [0.4, 0.5) is 0 Å². The summed E-state index contributed by atoms with van der Waals surface area (Å²) in [4.78, 5) is 26.2. The number of carbonyl (C=O) groups excluding carboxylic acids is 2. The van der Waals surface area contributed by atoms with Crippen molar-refractivity contribution in [2.24, 2.45) is 5.92 Å².